The molecule has 0 aliphatic carbocycles. The minimum atomic E-state index is 0.223. The lowest BCUT2D eigenvalue weighted by molar-refractivity contribution is 0.429. The van der Waals surface area contributed by atoms with Crippen molar-refractivity contribution in [2.24, 2.45) is 9.98 Å². The van der Waals surface area contributed by atoms with Crippen molar-refractivity contribution in [2.75, 3.05) is 13.1 Å². The average Bonchev–Trinajstić information content (AvgIpc) is 3.00. The Morgan fingerprint density at radius 2 is 1.69 bits per heavy atom. The highest BCUT2D eigenvalue weighted by molar-refractivity contribution is 6.10. The van der Waals surface area contributed by atoms with E-state index in [1.165, 1.54) is 36.8 Å². The van der Waals surface area contributed by atoms with Gasteiger partial charge in [-0.1, -0.05) is 37.1 Å². The van der Waals surface area contributed by atoms with Crippen LogP contribution in [0.1, 0.15) is 42.4 Å². The Bertz CT molecular complexity index is 861. The fourth-order valence-corrected chi connectivity index (χ4v) is 3.69. The highest BCUT2D eigenvalue weighted by Crippen LogP contribution is 2.29. The predicted octanol–water partition coefficient (Wildman–Crippen LogP) is 4.61. The molecule has 4 rings (SSSR count). The molecule has 0 saturated carbocycles. The number of rotatable bonds is 1. The van der Waals surface area contributed by atoms with Gasteiger partial charge in [0.1, 0.15) is 11.6 Å². The molecule has 0 radical (unpaired) electrons. The molecule has 4 nitrogen and oxygen atoms in total. The van der Waals surface area contributed by atoms with Crippen LogP contribution < -0.4 is 0 Å². The molecule has 26 heavy (non-hydrogen) atoms. The smallest absolute Gasteiger partial charge is 0.165 e. The Morgan fingerprint density at radius 1 is 0.923 bits per heavy atom. The Morgan fingerprint density at radius 3 is 2.46 bits per heavy atom. The number of hydrogen-bond acceptors (Lipinski definition) is 4. The van der Waals surface area contributed by atoms with Crippen molar-refractivity contribution in [3.63, 3.8) is 0 Å². The van der Waals surface area contributed by atoms with Crippen molar-refractivity contribution in [3.05, 3.63) is 59.2 Å². The van der Waals surface area contributed by atoms with Gasteiger partial charge in [0, 0.05) is 19.5 Å². The molecule has 4 heteroatoms. The molecule has 0 amide bonds. The number of phenolic OH excluding ortho intramolecular Hbond substituents is 1. The molecule has 2 aliphatic heterocycles. The van der Waals surface area contributed by atoms with E-state index in [0.717, 1.165) is 31.0 Å². The second-order valence-corrected chi connectivity index (χ2v) is 7.19. The number of benzene rings is 2. The van der Waals surface area contributed by atoms with Crippen LogP contribution in [0.5, 0.6) is 5.75 Å². The molecule has 0 unspecified atom stereocenters. The highest BCUT2D eigenvalue weighted by atomic mass is 16.3. The van der Waals surface area contributed by atoms with Crippen molar-refractivity contribution in [3.8, 4) is 5.75 Å². The first-order chi connectivity index (χ1) is 12.7. The number of likely N-dealkylation sites (tertiary alicyclic amines) is 1. The monoisotopic (exact) mass is 347 g/mol. The molecule has 0 aromatic heterocycles. The van der Waals surface area contributed by atoms with E-state index in [4.69, 9.17) is 9.98 Å². The Kier molecular flexibility index (Phi) is 4.74. The van der Waals surface area contributed by atoms with E-state index < -0.39 is 0 Å². The summed E-state index contributed by atoms with van der Waals surface area (Å²) in [7, 11) is 0. The van der Waals surface area contributed by atoms with Crippen LogP contribution in [0, 0.1) is 6.92 Å². The topological polar surface area (TPSA) is 48.2 Å². The number of para-hydroxylation sites is 1. The summed E-state index contributed by atoms with van der Waals surface area (Å²) in [6.45, 7) is 4.18. The van der Waals surface area contributed by atoms with E-state index in [0.29, 0.717) is 11.4 Å². The average molecular weight is 347 g/mol. The molecule has 2 aliphatic rings. The standard InChI is InChI=1S/C22H25N3O/c1-16-10-11-17-15-21(25-12-6-2-3-7-13-25)24-22(23-19(17)14-16)18-8-4-5-9-20(18)26/h4-5,8-11,14,26H,2-3,6-7,12-13,15H2,1H3. The quantitative estimate of drug-likeness (QED) is 0.819. The molecule has 0 bridgehead atoms. The van der Waals surface area contributed by atoms with E-state index in [-0.39, 0.29) is 5.75 Å². The zero-order chi connectivity index (χ0) is 17.9. The van der Waals surface area contributed by atoms with E-state index >= 15 is 0 Å². The third-order valence-corrected chi connectivity index (χ3v) is 5.17. The van der Waals surface area contributed by atoms with Gasteiger partial charge in [0.15, 0.2) is 5.84 Å². The van der Waals surface area contributed by atoms with Gasteiger partial charge in [-0.2, -0.15) is 0 Å². The van der Waals surface area contributed by atoms with Gasteiger partial charge in [-0.05, 0) is 49.1 Å². The number of amidine groups is 2. The molecule has 134 valence electrons. The maximum atomic E-state index is 10.3. The van der Waals surface area contributed by atoms with Crippen LogP contribution in [0.4, 0.5) is 5.69 Å². The summed E-state index contributed by atoms with van der Waals surface area (Å²) in [4.78, 5) is 12.2. The van der Waals surface area contributed by atoms with Crippen molar-refractivity contribution in [1.29, 1.82) is 0 Å². The number of fused-ring (bicyclic) bond motifs is 1. The summed E-state index contributed by atoms with van der Waals surface area (Å²) in [5.74, 6) is 1.89. The van der Waals surface area contributed by atoms with Gasteiger partial charge in [-0.15, -0.1) is 0 Å². The molecule has 0 spiro atoms. The lowest BCUT2D eigenvalue weighted by Crippen LogP contribution is -2.33. The molecular weight excluding hydrogens is 322 g/mol. The van der Waals surface area contributed by atoms with Crippen LogP contribution in [0.25, 0.3) is 0 Å². The maximum Gasteiger partial charge on any atom is 0.165 e. The van der Waals surface area contributed by atoms with Crippen molar-refractivity contribution in [1.82, 2.24) is 4.90 Å². The van der Waals surface area contributed by atoms with Gasteiger partial charge in [0.25, 0.3) is 0 Å². The van der Waals surface area contributed by atoms with Crippen LogP contribution >= 0.6 is 0 Å². The number of aliphatic imine (C=N–C) groups is 2. The summed E-state index contributed by atoms with van der Waals surface area (Å²) in [5.41, 5.74) is 4.03. The summed E-state index contributed by atoms with van der Waals surface area (Å²) in [6.07, 6.45) is 5.79. The van der Waals surface area contributed by atoms with Crippen molar-refractivity contribution in [2.45, 2.75) is 39.0 Å². The van der Waals surface area contributed by atoms with Gasteiger partial charge in [0.2, 0.25) is 0 Å². The molecule has 0 atom stereocenters. The van der Waals surface area contributed by atoms with Crippen molar-refractivity contribution < 1.29 is 5.11 Å². The Hall–Kier alpha value is -2.62. The Labute approximate surface area is 154 Å². The van der Waals surface area contributed by atoms with E-state index in [2.05, 4.69) is 30.0 Å². The van der Waals surface area contributed by atoms with E-state index in [1.54, 1.807) is 6.07 Å². The van der Waals surface area contributed by atoms with Crippen molar-refractivity contribution >= 4 is 17.4 Å². The van der Waals surface area contributed by atoms with Gasteiger partial charge in [0.05, 0.1) is 11.3 Å². The van der Waals surface area contributed by atoms with Gasteiger partial charge in [-0.25, -0.2) is 9.98 Å². The van der Waals surface area contributed by atoms with Crippen LogP contribution in [0.15, 0.2) is 52.4 Å². The van der Waals surface area contributed by atoms with Gasteiger partial charge in [-0.3, -0.25) is 0 Å². The minimum absolute atomic E-state index is 0.223. The Balaban J connectivity index is 1.81. The summed E-state index contributed by atoms with van der Waals surface area (Å²) in [6, 6.07) is 13.7. The number of aryl methyl sites for hydroxylation is 1. The summed E-state index contributed by atoms with van der Waals surface area (Å²) >= 11 is 0. The number of nitrogens with zero attached hydrogens (tertiary/aromatic N) is 3. The predicted molar refractivity (Wildman–Crippen MR) is 107 cm³/mol. The molecular formula is C22H25N3O. The first-order valence-electron chi connectivity index (χ1n) is 9.50. The normalized spacial score (nSPS) is 17.7. The number of hydrogen-bond donors (Lipinski definition) is 1. The second kappa shape index (κ2) is 7.32. The molecule has 2 heterocycles. The molecule has 1 fully saturated rings. The van der Waals surface area contributed by atoms with Crippen LogP contribution in [0.3, 0.4) is 0 Å². The first-order valence-corrected chi connectivity index (χ1v) is 9.50. The maximum absolute atomic E-state index is 10.3. The highest BCUT2D eigenvalue weighted by Gasteiger charge is 2.21. The minimum Gasteiger partial charge on any atom is -0.507 e. The second-order valence-electron chi connectivity index (χ2n) is 7.19. The van der Waals surface area contributed by atoms with Crippen LogP contribution in [0.2, 0.25) is 0 Å². The van der Waals surface area contributed by atoms with E-state index in [9.17, 15) is 5.11 Å². The largest absolute Gasteiger partial charge is 0.507 e. The first kappa shape index (κ1) is 16.8. The third-order valence-electron chi connectivity index (χ3n) is 5.17. The third kappa shape index (κ3) is 3.50. The molecule has 2 aromatic rings. The fourth-order valence-electron chi connectivity index (χ4n) is 3.69. The summed E-state index contributed by atoms with van der Waals surface area (Å²) in [5, 5.41) is 10.3. The lowest BCUT2D eigenvalue weighted by Gasteiger charge is -2.24. The van der Waals surface area contributed by atoms with Crippen LogP contribution in [-0.4, -0.2) is 34.8 Å². The molecule has 1 N–H and O–H groups in total. The van der Waals surface area contributed by atoms with Crippen LogP contribution in [-0.2, 0) is 6.42 Å². The molecule has 2 aromatic carbocycles. The zero-order valence-electron chi connectivity index (χ0n) is 15.3. The van der Waals surface area contributed by atoms with Gasteiger partial charge < -0.3 is 10.0 Å². The van der Waals surface area contributed by atoms with E-state index in [1.807, 2.05) is 18.2 Å². The number of aromatic hydroxyl groups is 1. The SMILES string of the molecule is Cc1ccc2c(c1)N=C(c1ccccc1O)N=C(N1CCCCCC1)C2. The van der Waals surface area contributed by atoms with Gasteiger partial charge >= 0.3 is 0 Å². The molecule has 1 saturated heterocycles. The zero-order valence-corrected chi connectivity index (χ0v) is 15.3. The fraction of sp³-hybridized carbons (Fsp3) is 0.364. The number of phenols is 1. The summed E-state index contributed by atoms with van der Waals surface area (Å²) < 4.78 is 0. The lowest BCUT2D eigenvalue weighted by atomic mass is 10.1.